The molecule has 0 spiro atoms. The van der Waals surface area contributed by atoms with Crippen molar-refractivity contribution in [1.29, 1.82) is 0 Å². The van der Waals surface area contributed by atoms with Crippen LogP contribution in [0.1, 0.15) is 24.4 Å². The van der Waals surface area contributed by atoms with Crippen LogP contribution in [0.2, 0.25) is 19.6 Å². The SMILES string of the molecule is CC(O)CC(c1ccc(S(=O)(=O)c2ccccc2)cc1Br)[Si](C)(C)C. The van der Waals surface area contributed by atoms with E-state index in [2.05, 4.69) is 35.6 Å². The quantitative estimate of drug-likeness (QED) is 0.641. The summed E-state index contributed by atoms with van der Waals surface area (Å²) in [6, 6.07) is 13.7. The zero-order valence-corrected chi connectivity index (χ0v) is 18.4. The van der Waals surface area contributed by atoms with E-state index in [1.807, 2.05) is 6.07 Å². The second kappa shape index (κ2) is 7.74. The summed E-state index contributed by atoms with van der Waals surface area (Å²) >= 11 is 3.57. The minimum absolute atomic E-state index is 0.246. The highest BCUT2D eigenvalue weighted by Crippen LogP contribution is 2.37. The number of benzene rings is 2. The van der Waals surface area contributed by atoms with Crippen LogP contribution in [0.4, 0.5) is 0 Å². The fourth-order valence-corrected chi connectivity index (χ4v) is 7.54. The Morgan fingerprint density at radius 1 is 1.04 bits per heavy atom. The molecule has 25 heavy (non-hydrogen) atoms. The topological polar surface area (TPSA) is 54.4 Å². The predicted octanol–water partition coefficient (Wildman–Crippen LogP) is 5.01. The Morgan fingerprint density at radius 2 is 1.64 bits per heavy atom. The summed E-state index contributed by atoms with van der Waals surface area (Å²) in [7, 11) is -5.12. The van der Waals surface area contributed by atoms with E-state index in [4.69, 9.17) is 0 Å². The third-order valence-electron chi connectivity index (χ3n) is 4.33. The smallest absolute Gasteiger partial charge is 0.206 e. The summed E-state index contributed by atoms with van der Waals surface area (Å²) in [6.07, 6.45) is 0.287. The summed E-state index contributed by atoms with van der Waals surface area (Å²) in [6.45, 7) is 8.60. The molecule has 3 nitrogen and oxygen atoms in total. The number of hydrogen-bond acceptors (Lipinski definition) is 3. The Balaban J connectivity index is 2.47. The summed E-state index contributed by atoms with van der Waals surface area (Å²) in [5.41, 5.74) is 1.32. The van der Waals surface area contributed by atoms with Crippen LogP contribution >= 0.6 is 15.9 Å². The van der Waals surface area contributed by atoms with Gasteiger partial charge in [0, 0.05) is 4.47 Å². The fourth-order valence-electron chi connectivity index (χ4n) is 2.98. The maximum Gasteiger partial charge on any atom is 0.206 e. The molecule has 0 saturated carbocycles. The maximum atomic E-state index is 12.8. The lowest BCUT2D eigenvalue weighted by molar-refractivity contribution is 0.182. The molecule has 0 fully saturated rings. The van der Waals surface area contributed by atoms with Gasteiger partial charge in [0.05, 0.1) is 24.0 Å². The fraction of sp³-hybridized carbons (Fsp3) is 0.368. The van der Waals surface area contributed by atoms with Gasteiger partial charge in [0.2, 0.25) is 9.84 Å². The first-order valence-electron chi connectivity index (χ1n) is 8.31. The molecule has 0 amide bonds. The normalized spacial score (nSPS) is 15.0. The van der Waals surface area contributed by atoms with Crippen molar-refractivity contribution >= 4 is 33.8 Å². The minimum Gasteiger partial charge on any atom is -0.393 e. The van der Waals surface area contributed by atoms with E-state index in [1.165, 1.54) is 0 Å². The van der Waals surface area contributed by atoms with Crippen LogP contribution in [0.15, 0.2) is 62.8 Å². The number of hydrogen-bond donors (Lipinski definition) is 1. The van der Waals surface area contributed by atoms with Gasteiger partial charge in [0.15, 0.2) is 0 Å². The average Bonchev–Trinajstić information content (AvgIpc) is 2.52. The summed E-state index contributed by atoms with van der Waals surface area (Å²) in [5.74, 6) is 0. The molecule has 2 rings (SSSR count). The van der Waals surface area contributed by atoms with Crippen LogP contribution in [-0.4, -0.2) is 27.7 Å². The molecule has 0 aliphatic heterocycles. The van der Waals surface area contributed by atoms with Gasteiger partial charge in [-0.3, -0.25) is 0 Å². The first-order chi connectivity index (χ1) is 11.5. The number of halogens is 1. The molecule has 0 aromatic heterocycles. The van der Waals surface area contributed by atoms with Crippen molar-refractivity contribution in [2.45, 2.75) is 54.4 Å². The van der Waals surface area contributed by atoms with Crippen molar-refractivity contribution < 1.29 is 13.5 Å². The van der Waals surface area contributed by atoms with Gasteiger partial charge in [-0.1, -0.05) is 59.8 Å². The predicted molar refractivity (Wildman–Crippen MR) is 108 cm³/mol. The molecule has 2 aromatic rings. The van der Waals surface area contributed by atoms with E-state index >= 15 is 0 Å². The summed E-state index contributed by atoms with van der Waals surface area (Å²) in [5, 5.41) is 9.88. The largest absolute Gasteiger partial charge is 0.393 e. The molecule has 1 N–H and O–H groups in total. The molecule has 136 valence electrons. The zero-order chi connectivity index (χ0) is 18.8. The number of rotatable bonds is 6. The second-order valence-corrected chi connectivity index (χ2v) is 15.7. The number of aliphatic hydroxyl groups excluding tert-OH is 1. The highest BCUT2D eigenvalue weighted by molar-refractivity contribution is 9.10. The van der Waals surface area contributed by atoms with E-state index in [1.54, 1.807) is 49.4 Å². The third kappa shape index (κ3) is 4.81. The van der Waals surface area contributed by atoms with Gasteiger partial charge in [0.1, 0.15) is 0 Å². The molecule has 0 aliphatic carbocycles. The number of aliphatic hydroxyl groups is 1. The Kier molecular flexibility index (Phi) is 6.30. The van der Waals surface area contributed by atoms with E-state index in [-0.39, 0.29) is 10.4 Å². The molecule has 6 heteroatoms. The van der Waals surface area contributed by atoms with Gasteiger partial charge in [-0.2, -0.15) is 0 Å². The van der Waals surface area contributed by atoms with E-state index < -0.39 is 24.0 Å². The van der Waals surface area contributed by atoms with Crippen LogP contribution in [0.3, 0.4) is 0 Å². The van der Waals surface area contributed by atoms with Gasteiger partial charge in [-0.05, 0) is 48.7 Å². The monoisotopic (exact) mass is 440 g/mol. The third-order valence-corrected chi connectivity index (χ3v) is 9.42. The molecular formula is C19H25BrO3SSi. The van der Waals surface area contributed by atoms with Gasteiger partial charge in [-0.15, -0.1) is 0 Å². The van der Waals surface area contributed by atoms with Crippen molar-refractivity contribution in [1.82, 2.24) is 0 Å². The Hall–Kier alpha value is -0.953. The lowest BCUT2D eigenvalue weighted by atomic mass is 10.1. The van der Waals surface area contributed by atoms with E-state index in [0.29, 0.717) is 11.3 Å². The Labute approximate surface area is 160 Å². The lowest BCUT2D eigenvalue weighted by Crippen LogP contribution is -2.33. The van der Waals surface area contributed by atoms with Crippen molar-refractivity contribution in [2.24, 2.45) is 0 Å². The van der Waals surface area contributed by atoms with Crippen molar-refractivity contribution in [2.75, 3.05) is 0 Å². The molecule has 0 saturated heterocycles. The summed E-state index contributed by atoms with van der Waals surface area (Å²) in [4.78, 5) is 0.570. The molecule has 2 unspecified atom stereocenters. The average molecular weight is 441 g/mol. The molecule has 0 heterocycles. The van der Waals surface area contributed by atoms with E-state index in [0.717, 1.165) is 10.0 Å². The molecule has 0 aliphatic rings. The maximum absolute atomic E-state index is 12.8. The highest BCUT2D eigenvalue weighted by atomic mass is 79.9. The van der Waals surface area contributed by atoms with Crippen molar-refractivity contribution in [3.8, 4) is 0 Å². The number of sulfone groups is 1. The van der Waals surface area contributed by atoms with Crippen LogP contribution in [0.25, 0.3) is 0 Å². The molecule has 0 bridgehead atoms. The molecule has 2 aromatic carbocycles. The second-order valence-electron chi connectivity index (χ2n) is 7.50. The molecule has 2 atom stereocenters. The molecule has 0 radical (unpaired) electrons. The van der Waals surface area contributed by atoms with Gasteiger partial charge < -0.3 is 5.11 Å². The van der Waals surface area contributed by atoms with Crippen LogP contribution in [-0.2, 0) is 9.84 Å². The van der Waals surface area contributed by atoms with Crippen molar-refractivity contribution in [3.05, 3.63) is 58.6 Å². The lowest BCUT2D eigenvalue weighted by Gasteiger charge is -2.31. The van der Waals surface area contributed by atoms with Gasteiger partial charge in [0.25, 0.3) is 0 Å². The first-order valence-corrected chi connectivity index (χ1v) is 14.2. The van der Waals surface area contributed by atoms with E-state index in [9.17, 15) is 13.5 Å². The molecular weight excluding hydrogens is 416 g/mol. The Bertz CT molecular complexity index is 827. The highest BCUT2D eigenvalue weighted by Gasteiger charge is 2.31. The summed E-state index contributed by atoms with van der Waals surface area (Å²) < 4.78 is 26.4. The van der Waals surface area contributed by atoms with Crippen LogP contribution < -0.4 is 0 Å². The zero-order valence-electron chi connectivity index (χ0n) is 15.0. The first kappa shape index (κ1) is 20.4. The van der Waals surface area contributed by atoms with Gasteiger partial charge in [-0.25, -0.2) is 8.42 Å². The van der Waals surface area contributed by atoms with Crippen molar-refractivity contribution in [3.63, 3.8) is 0 Å². The standard InChI is InChI=1S/C19H25BrO3SSi/c1-14(21)12-19(25(2,3)4)17-11-10-16(13-18(17)20)24(22,23)15-8-6-5-7-9-15/h5-11,13-14,19,21H,12H2,1-4H3. The minimum atomic E-state index is -3.53. The Morgan fingerprint density at radius 3 is 2.12 bits per heavy atom. The van der Waals surface area contributed by atoms with Gasteiger partial charge >= 0.3 is 0 Å². The van der Waals surface area contributed by atoms with Crippen LogP contribution in [0.5, 0.6) is 0 Å². The van der Waals surface area contributed by atoms with Crippen LogP contribution in [0, 0.1) is 0 Å².